The van der Waals surface area contributed by atoms with E-state index in [0.717, 1.165) is 16.8 Å². The molecule has 1 heterocycles. The number of aromatic nitrogens is 1. The maximum atomic E-state index is 9.44. The largest absolute Gasteiger partial charge is 0.490 e. The molecule has 0 atom stereocenters. The molecular weight excluding hydrogens is 358 g/mol. The quantitative estimate of drug-likeness (QED) is 0.526. The van der Waals surface area contributed by atoms with Crippen LogP contribution in [0.25, 0.3) is 0 Å². The Morgan fingerprint density at radius 2 is 2.04 bits per heavy atom. The van der Waals surface area contributed by atoms with Gasteiger partial charge in [0.05, 0.1) is 19.4 Å². The van der Waals surface area contributed by atoms with Crippen LogP contribution in [0, 0.1) is 29.6 Å². The van der Waals surface area contributed by atoms with Gasteiger partial charge in [0.1, 0.15) is 17.7 Å². The number of benzene rings is 1. The van der Waals surface area contributed by atoms with Crippen molar-refractivity contribution >= 4 is 12.0 Å². The fourth-order valence-electron chi connectivity index (χ4n) is 2.49. The summed E-state index contributed by atoms with van der Waals surface area (Å²) in [6, 6.07) is 11.1. The Morgan fingerprint density at radius 1 is 1.21 bits per heavy atom. The number of nitriles is 2. The predicted molar refractivity (Wildman–Crippen MR) is 104 cm³/mol. The standard InChI is InChI=1S/C20H21N5O3/c1-4-27-19-10-15(5-6-18(19)28-8-7-21)12-23-25-20-17(11-22)16(13-26-3)9-14(2)24-20/h5-6,9-10,12H,4,8,13H2,1-3H3,(H,24,25)/b23-12+. The van der Waals surface area contributed by atoms with Crippen LogP contribution in [0.2, 0.25) is 0 Å². The van der Waals surface area contributed by atoms with E-state index in [1.54, 1.807) is 31.5 Å². The summed E-state index contributed by atoms with van der Waals surface area (Å²) in [7, 11) is 1.57. The predicted octanol–water partition coefficient (Wildman–Crippen LogP) is 3.16. The molecule has 0 unspecified atom stereocenters. The zero-order valence-electron chi connectivity index (χ0n) is 16.0. The lowest BCUT2D eigenvalue weighted by Gasteiger charge is -2.11. The molecule has 0 fully saturated rings. The van der Waals surface area contributed by atoms with Crippen molar-refractivity contribution in [3.8, 4) is 23.6 Å². The third-order valence-electron chi connectivity index (χ3n) is 3.58. The first kappa shape index (κ1) is 20.7. The van der Waals surface area contributed by atoms with Crippen LogP contribution < -0.4 is 14.9 Å². The van der Waals surface area contributed by atoms with Gasteiger partial charge in [-0.25, -0.2) is 4.98 Å². The number of hydrogen-bond acceptors (Lipinski definition) is 8. The number of methoxy groups -OCH3 is 1. The van der Waals surface area contributed by atoms with Crippen molar-refractivity contribution in [1.29, 1.82) is 10.5 Å². The van der Waals surface area contributed by atoms with Crippen LogP contribution in [0.3, 0.4) is 0 Å². The Hall–Kier alpha value is -3.62. The highest BCUT2D eigenvalue weighted by Crippen LogP contribution is 2.28. The molecule has 1 aromatic heterocycles. The second-order valence-electron chi connectivity index (χ2n) is 5.65. The first-order chi connectivity index (χ1) is 13.6. The van der Waals surface area contributed by atoms with Crippen LogP contribution in [-0.4, -0.2) is 31.5 Å². The van der Waals surface area contributed by atoms with E-state index in [-0.39, 0.29) is 6.61 Å². The van der Waals surface area contributed by atoms with E-state index in [1.807, 2.05) is 26.0 Å². The average Bonchev–Trinajstić information content (AvgIpc) is 2.68. The van der Waals surface area contributed by atoms with Crippen LogP contribution in [0.5, 0.6) is 11.5 Å². The molecule has 8 heteroatoms. The topological polar surface area (TPSA) is 113 Å². The van der Waals surface area contributed by atoms with Gasteiger partial charge in [-0.3, -0.25) is 5.43 Å². The highest BCUT2D eigenvalue weighted by atomic mass is 16.5. The molecule has 0 bridgehead atoms. The number of pyridine rings is 1. The second kappa shape index (κ2) is 10.5. The smallest absolute Gasteiger partial charge is 0.174 e. The van der Waals surface area contributed by atoms with Gasteiger partial charge in [0.25, 0.3) is 0 Å². The zero-order valence-corrected chi connectivity index (χ0v) is 16.0. The fourth-order valence-corrected chi connectivity index (χ4v) is 2.49. The molecule has 0 aliphatic heterocycles. The summed E-state index contributed by atoms with van der Waals surface area (Å²) in [5.41, 5.74) is 5.45. The van der Waals surface area contributed by atoms with Crippen LogP contribution in [0.1, 0.15) is 29.3 Å². The van der Waals surface area contributed by atoms with E-state index >= 15 is 0 Å². The van der Waals surface area contributed by atoms with Crippen LogP contribution >= 0.6 is 0 Å². The Labute approximate surface area is 164 Å². The van der Waals surface area contributed by atoms with E-state index in [0.29, 0.717) is 36.1 Å². The van der Waals surface area contributed by atoms with Gasteiger partial charge in [-0.1, -0.05) is 0 Å². The first-order valence-electron chi connectivity index (χ1n) is 8.58. The molecule has 144 valence electrons. The van der Waals surface area contributed by atoms with E-state index in [2.05, 4.69) is 21.6 Å². The van der Waals surface area contributed by atoms with Crippen molar-refractivity contribution < 1.29 is 14.2 Å². The second-order valence-corrected chi connectivity index (χ2v) is 5.65. The van der Waals surface area contributed by atoms with Crippen molar-refractivity contribution in [2.24, 2.45) is 5.10 Å². The van der Waals surface area contributed by atoms with E-state index in [1.165, 1.54) is 0 Å². The Kier molecular flexibility index (Phi) is 7.77. The summed E-state index contributed by atoms with van der Waals surface area (Å²) in [5, 5.41) is 22.3. The van der Waals surface area contributed by atoms with Crippen LogP contribution in [0.15, 0.2) is 29.4 Å². The molecule has 0 aliphatic rings. The van der Waals surface area contributed by atoms with E-state index in [4.69, 9.17) is 19.5 Å². The Morgan fingerprint density at radius 3 is 2.71 bits per heavy atom. The molecule has 0 spiro atoms. The normalized spacial score (nSPS) is 10.3. The molecular formula is C20H21N5O3. The molecule has 1 N–H and O–H groups in total. The minimum atomic E-state index is -0.0607. The molecule has 0 saturated heterocycles. The molecule has 0 radical (unpaired) electrons. The number of hydrogen-bond donors (Lipinski definition) is 1. The summed E-state index contributed by atoms with van der Waals surface area (Å²) >= 11 is 0. The van der Waals surface area contributed by atoms with Gasteiger partial charge in [-0.2, -0.15) is 15.6 Å². The summed E-state index contributed by atoms with van der Waals surface area (Å²) in [6.07, 6.45) is 1.58. The van der Waals surface area contributed by atoms with Crippen LogP contribution in [0.4, 0.5) is 5.82 Å². The van der Waals surface area contributed by atoms with E-state index in [9.17, 15) is 5.26 Å². The number of anilines is 1. The summed E-state index contributed by atoms with van der Waals surface area (Å²) in [5.74, 6) is 1.38. The Bertz CT molecular complexity index is 929. The lowest BCUT2D eigenvalue weighted by molar-refractivity contribution is 0.184. The lowest BCUT2D eigenvalue weighted by atomic mass is 10.1. The lowest BCUT2D eigenvalue weighted by Crippen LogP contribution is -2.04. The van der Waals surface area contributed by atoms with Crippen molar-refractivity contribution in [3.05, 3.63) is 46.6 Å². The van der Waals surface area contributed by atoms with Crippen molar-refractivity contribution in [2.75, 3.05) is 25.7 Å². The molecule has 2 aromatic rings. The molecule has 28 heavy (non-hydrogen) atoms. The molecule has 0 amide bonds. The van der Waals surface area contributed by atoms with Gasteiger partial charge in [0, 0.05) is 18.4 Å². The minimum Gasteiger partial charge on any atom is -0.490 e. The maximum absolute atomic E-state index is 9.44. The molecule has 1 aromatic carbocycles. The Balaban J connectivity index is 2.22. The van der Waals surface area contributed by atoms with Crippen molar-refractivity contribution in [1.82, 2.24) is 4.98 Å². The van der Waals surface area contributed by atoms with Gasteiger partial charge in [-0.05, 0) is 43.7 Å². The van der Waals surface area contributed by atoms with Gasteiger partial charge in [0.2, 0.25) is 0 Å². The van der Waals surface area contributed by atoms with Gasteiger partial charge in [-0.15, -0.1) is 0 Å². The average molecular weight is 379 g/mol. The van der Waals surface area contributed by atoms with Crippen LogP contribution in [-0.2, 0) is 11.3 Å². The minimum absolute atomic E-state index is 0.0607. The summed E-state index contributed by atoms with van der Waals surface area (Å²) in [4.78, 5) is 4.33. The van der Waals surface area contributed by atoms with Gasteiger partial charge < -0.3 is 14.2 Å². The van der Waals surface area contributed by atoms with Crippen molar-refractivity contribution in [3.63, 3.8) is 0 Å². The number of hydrazone groups is 1. The number of nitrogens with one attached hydrogen (secondary N) is 1. The molecule has 2 rings (SSSR count). The highest BCUT2D eigenvalue weighted by Gasteiger charge is 2.11. The monoisotopic (exact) mass is 379 g/mol. The molecule has 0 aliphatic carbocycles. The van der Waals surface area contributed by atoms with Crippen molar-refractivity contribution in [2.45, 2.75) is 20.5 Å². The zero-order chi connectivity index (χ0) is 20.4. The maximum Gasteiger partial charge on any atom is 0.174 e. The summed E-state index contributed by atoms with van der Waals surface area (Å²) in [6.45, 7) is 4.41. The highest BCUT2D eigenvalue weighted by molar-refractivity contribution is 5.81. The summed E-state index contributed by atoms with van der Waals surface area (Å²) < 4.78 is 16.0. The molecule has 8 nitrogen and oxygen atoms in total. The first-order valence-corrected chi connectivity index (χ1v) is 8.58. The van der Waals surface area contributed by atoms with Gasteiger partial charge >= 0.3 is 0 Å². The fraction of sp³-hybridized carbons (Fsp3) is 0.300. The molecule has 0 saturated carbocycles. The third kappa shape index (κ3) is 5.44. The third-order valence-corrected chi connectivity index (χ3v) is 3.58. The van der Waals surface area contributed by atoms with Gasteiger partial charge in [0.15, 0.2) is 23.9 Å². The van der Waals surface area contributed by atoms with E-state index < -0.39 is 0 Å². The SMILES string of the molecule is CCOc1cc(/C=N/Nc2nc(C)cc(COC)c2C#N)ccc1OCC#N. The number of nitrogens with zero attached hydrogens (tertiary/aromatic N) is 4. The number of aryl methyl sites for hydroxylation is 1. The number of rotatable bonds is 9. The number of ether oxygens (including phenoxy) is 3.